The van der Waals surface area contributed by atoms with Gasteiger partial charge in [0.05, 0.1) is 18.8 Å². The summed E-state index contributed by atoms with van der Waals surface area (Å²) in [6.07, 6.45) is 3.77. The van der Waals surface area contributed by atoms with E-state index >= 15 is 0 Å². The van der Waals surface area contributed by atoms with E-state index in [0.29, 0.717) is 6.54 Å². The molecule has 6 heteroatoms. The smallest absolute Gasteiger partial charge is 0.308 e. The van der Waals surface area contributed by atoms with Crippen molar-refractivity contribution in [3.63, 3.8) is 0 Å². The standard InChI is InChI=1S/C11H19NO4S/c1-16-11(13)9-3-5-10(6-4-9)12-7-2-8-17(12,14)15/h9-10H,2-8H2,1H3. The van der Waals surface area contributed by atoms with E-state index in [1.807, 2.05) is 0 Å². The highest BCUT2D eigenvalue weighted by atomic mass is 32.2. The molecule has 98 valence electrons. The molecule has 0 atom stereocenters. The van der Waals surface area contributed by atoms with Crippen molar-refractivity contribution in [2.45, 2.75) is 38.1 Å². The minimum absolute atomic E-state index is 0.0402. The van der Waals surface area contributed by atoms with Crippen LogP contribution in [0.1, 0.15) is 32.1 Å². The molecule has 1 saturated heterocycles. The number of sulfonamides is 1. The molecule has 0 aromatic carbocycles. The number of ether oxygens (including phenoxy) is 1. The van der Waals surface area contributed by atoms with Gasteiger partial charge in [0.15, 0.2) is 0 Å². The highest BCUT2D eigenvalue weighted by Gasteiger charge is 2.37. The Labute approximate surface area is 102 Å². The van der Waals surface area contributed by atoms with Gasteiger partial charge in [-0.1, -0.05) is 0 Å². The Hall–Kier alpha value is -0.620. The molecule has 0 amide bonds. The van der Waals surface area contributed by atoms with Gasteiger partial charge in [0.25, 0.3) is 0 Å². The zero-order valence-corrected chi connectivity index (χ0v) is 10.9. The Balaban J connectivity index is 1.93. The van der Waals surface area contributed by atoms with Crippen LogP contribution in [0.15, 0.2) is 0 Å². The molecule has 0 aromatic rings. The zero-order valence-electron chi connectivity index (χ0n) is 10.1. The van der Waals surface area contributed by atoms with Gasteiger partial charge in [0.2, 0.25) is 10.0 Å². The third-order valence-corrected chi connectivity index (χ3v) is 5.78. The molecule has 0 unspecified atom stereocenters. The van der Waals surface area contributed by atoms with E-state index in [2.05, 4.69) is 0 Å². The topological polar surface area (TPSA) is 63.7 Å². The summed E-state index contributed by atoms with van der Waals surface area (Å²) in [6.45, 7) is 0.649. The molecule has 0 N–H and O–H groups in total. The highest BCUT2D eigenvalue weighted by Crippen LogP contribution is 2.31. The summed E-state index contributed by atoms with van der Waals surface area (Å²) in [7, 11) is -1.61. The van der Waals surface area contributed by atoms with E-state index < -0.39 is 10.0 Å². The fourth-order valence-corrected chi connectivity index (χ4v) is 4.64. The Bertz CT molecular complexity index is 384. The molecule has 2 aliphatic rings. The third kappa shape index (κ3) is 2.63. The molecule has 1 heterocycles. The van der Waals surface area contributed by atoms with Gasteiger partial charge in [-0.3, -0.25) is 4.79 Å². The van der Waals surface area contributed by atoms with Gasteiger partial charge in [0.1, 0.15) is 0 Å². The first-order chi connectivity index (χ1) is 8.04. The summed E-state index contributed by atoms with van der Waals surface area (Å²) in [5.41, 5.74) is 0. The van der Waals surface area contributed by atoms with Crippen LogP contribution in [0.25, 0.3) is 0 Å². The summed E-state index contributed by atoms with van der Waals surface area (Å²) in [5, 5.41) is 0. The molecule has 0 bridgehead atoms. The molecular weight excluding hydrogens is 242 g/mol. The molecule has 0 radical (unpaired) electrons. The Morgan fingerprint density at radius 2 is 1.88 bits per heavy atom. The van der Waals surface area contributed by atoms with Crippen LogP contribution in [-0.2, 0) is 19.6 Å². The van der Waals surface area contributed by atoms with Gasteiger partial charge >= 0.3 is 5.97 Å². The SMILES string of the molecule is COC(=O)C1CCC(N2CCCS2(=O)=O)CC1. The quantitative estimate of drug-likeness (QED) is 0.688. The van der Waals surface area contributed by atoms with Crippen molar-refractivity contribution in [1.82, 2.24) is 4.31 Å². The van der Waals surface area contributed by atoms with E-state index in [1.165, 1.54) is 7.11 Å². The van der Waals surface area contributed by atoms with E-state index in [-0.39, 0.29) is 23.7 Å². The molecule has 1 saturated carbocycles. The lowest BCUT2D eigenvalue weighted by Gasteiger charge is -2.32. The predicted molar refractivity (Wildman–Crippen MR) is 62.9 cm³/mol. The van der Waals surface area contributed by atoms with Gasteiger partial charge in [-0.2, -0.15) is 4.31 Å². The van der Waals surface area contributed by atoms with Crippen molar-refractivity contribution < 1.29 is 17.9 Å². The molecule has 17 heavy (non-hydrogen) atoms. The maximum atomic E-state index is 11.8. The first-order valence-electron chi connectivity index (χ1n) is 6.12. The molecule has 1 aliphatic heterocycles. The van der Waals surface area contributed by atoms with Crippen LogP contribution in [-0.4, -0.2) is 44.1 Å². The predicted octanol–water partition coefficient (Wildman–Crippen LogP) is 0.754. The second-order valence-corrected chi connectivity index (χ2v) is 6.85. The van der Waals surface area contributed by atoms with Crippen LogP contribution in [0.3, 0.4) is 0 Å². The van der Waals surface area contributed by atoms with Crippen LogP contribution in [0.4, 0.5) is 0 Å². The molecule has 2 rings (SSSR count). The number of carbonyl (C=O) groups is 1. The van der Waals surface area contributed by atoms with Crippen molar-refractivity contribution in [3.05, 3.63) is 0 Å². The van der Waals surface area contributed by atoms with Crippen LogP contribution >= 0.6 is 0 Å². The minimum atomic E-state index is -3.01. The summed E-state index contributed by atoms with van der Waals surface area (Å²) >= 11 is 0. The van der Waals surface area contributed by atoms with Crippen LogP contribution in [0, 0.1) is 5.92 Å². The van der Waals surface area contributed by atoms with Crippen LogP contribution in [0.2, 0.25) is 0 Å². The summed E-state index contributed by atoms with van der Waals surface area (Å²) in [4.78, 5) is 11.4. The van der Waals surface area contributed by atoms with Crippen molar-refractivity contribution in [3.8, 4) is 0 Å². The fraction of sp³-hybridized carbons (Fsp3) is 0.909. The Morgan fingerprint density at radius 3 is 2.35 bits per heavy atom. The number of hydrogen-bond donors (Lipinski definition) is 0. The lowest BCUT2D eigenvalue weighted by molar-refractivity contribution is -0.146. The summed E-state index contributed by atoms with van der Waals surface area (Å²) in [5.74, 6) is 0.0819. The molecule has 0 aromatic heterocycles. The number of rotatable bonds is 2. The number of carbonyl (C=O) groups excluding carboxylic acids is 1. The average Bonchev–Trinajstić information content (AvgIpc) is 2.68. The normalized spacial score (nSPS) is 33.5. The van der Waals surface area contributed by atoms with Gasteiger partial charge < -0.3 is 4.74 Å². The summed E-state index contributed by atoms with van der Waals surface area (Å²) in [6, 6.07) is 0.100. The van der Waals surface area contributed by atoms with Crippen molar-refractivity contribution in [2.75, 3.05) is 19.4 Å². The van der Waals surface area contributed by atoms with Crippen LogP contribution < -0.4 is 0 Å². The van der Waals surface area contributed by atoms with E-state index in [9.17, 15) is 13.2 Å². The zero-order chi connectivity index (χ0) is 12.5. The van der Waals surface area contributed by atoms with Crippen molar-refractivity contribution >= 4 is 16.0 Å². The van der Waals surface area contributed by atoms with E-state index in [1.54, 1.807) is 4.31 Å². The maximum Gasteiger partial charge on any atom is 0.308 e. The van der Waals surface area contributed by atoms with Crippen LogP contribution in [0.5, 0.6) is 0 Å². The summed E-state index contributed by atoms with van der Waals surface area (Å²) < 4.78 is 29.9. The lowest BCUT2D eigenvalue weighted by Crippen LogP contribution is -2.40. The van der Waals surface area contributed by atoms with Gasteiger partial charge in [-0.25, -0.2) is 8.42 Å². The number of methoxy groups -OCH3 is 1. The number of esters is 1. The lowest BCUT2D eigenvalue weighted by atomic mass is 9.86. The first kappa shape index (κ1) is 12.8. The average molecular weight is 261 g/mol. The third-order valence-electron chi connectivity index (χ3n) is 3.78. The monoisotopic (exact) mass is 261 g/mol. The first-order valence-corrected chi connectivity index (χ1v) is 7.73. The molecular formula is C11H19NO4S. The number of hydrogen-bond acceptors (Lipinski definition) is 4. The Kier molecular flexibility index (Phi) is 3.73. The largest absolute Gasteiger partial charge is 0.469 e. The van der Waals surface area contributed by atoms with Gasteiger partial charge in [-0.05, 0) is 32.1 Å². The van der Waals surface area contributed by atoms with E-state index in [4.69, 9.17) is 4.74 Å². The van der Waals surface area contributed by atoms with Crippen molar-refractivity contribution in [1.29, 1.82) is 0 Å². The molecule has 0 spiro atoms. The maximum absolute atomic E-state index is 11.8. The second kappa shape index (κ2) is 4.94. The molecule has 5 nitrogen and oxygen atoms in total. The van der Waals surface area contributed by atoms with E-state index in [0.717, 1.165) is 32.1 Å². The van der Waals surface area contributed by atoms with Gasteiger partial charge in [-0.15, -0.1) is 0 Å². The highest BCUT2D eigenvalue weighted by molar-refractivity contribution is 7.89. The molecule has 2 fully saturated rings. The minimum Gasteiger partial charge on any atom is -0.469 e. The second-order valence-electron chi connectivity index (χ2n) is 4.81. The van der Waals surface area contributed by atoms with Crippen molar-refractivity contribution in [2.24, 2.45) is 5.92 Å². The number of nitrogens with zero attached hydrogens (tertiary/aromatic N) is 1. The molecule has 1 aliphatic carbocycles. The van der Waals surface area contributed by atoms with Gasteiger partial charge in [0, 0.05) is 12.6 Å². The fourth-order valence-electron chi connectivity index (χ4n) is 2.83. The Morgan fingerprint density at radius 1 is 1.24 bits per heavy atom.